The summed E-state index contributed by atoms with van der Waals surface area (Å²) in [6.45, 7) is 11.4. The van der Waals surface area contributed by atoms with Crippen molar-refractivity contribution in [2.24, 2.45) is 0 Å². The minimum Gasteiger partial charge on any atom is -0.389 e. The van der Waals surface area contributed by atoms with Crippen molar-refractivity contribution in [3.8, 4) is 0 Å². The molecule has 6 heteroatoms. The molecule has 0 aromatic heterocycles. The minimum absolute atomic E-state index is 0.0256. The molecule has 0 spiro atoms. The van der Waals surface area contributed by atoms with Gasteiger partial charge in [-0.3, -0.25) is 14.6 Å². The zero-order chi connectivity index (χ0) is 24.3. The molecule has 1 unspecified atom stereocenters. The summed E-state index contributed by atoms with van der Waals surface area (Å²) in [6, 6.07) is 14.6. The zero-order valence-electron chi connectivity index (χ0n) is 21.1. The number of nitrogens with one attached hydrogen (secondary N) is 1. The fourth-order valence-corrected chi connectivity index (χ4v) is 4.37. The summed E-state index contributed by atoms with van der Waals surface area (Å²) in [7, 11) is 0. The average Bonchev–Trinajstić information content (AvgIpc) is 2.82. The van der Waals surface area contributed by atoms with Gasteiger partial charge in [0, 0.05) is 38.4 Å². The number of aliphatic hydroxyl groups is 1. The molecule has 34 heavy (non-hydrogen) atoms. The van der Waals surface area contributed by atoms with E-state index < -0.39 is 6.10 Å². The van der Waals surface area contributed by atoms with Gasteiger partial charge < -0.3 is 15.2 Å². The molecule has 1 atom stereocenters. The third kappa shape index (κ3) is 8.51. The normalized spacial score (nSPS) is 15.9. The van der Waals surface area contributed by atoms with E-state index in [1.165, 1.54) is 18.4 Å². The molecule has 0 saturated carbocycles. The molecule has 1 aliphatic rings. The minimum atomic E-state index is -0.511. The number of β-amino-alcohol motifs (C(OH)–C–C–N with tert-alkyl or cyclic N) is 1. The van der Waals surface area contributed by atoms with Crippen LogP contribution in [0.15, 0.2) is 42.5 Å². The number of aryl methyl sites for hydroxylation is 3. The van der Waals surface area contributed by atoms with Crippen molar-refractivity contribution in [3.63, 3.8) is 0 Å². The van der Waals surface area contributed by atoms with E-state index >= 15 is 0 Å². The molecular weight excluding hydrogens is 426 g/mol. The molecule has 1 aliphatic heterocycles. The summed E-state index contributed by atoms with van der Waals surface area (Å²) in [6.07, 6.45) is 3.04. The second-order valence-corrected chi connectivity index (χ2v) is 9.48. The van der Waals surface area contributed by atoms with E-state index in [1.807, 2.05) is 32.0 Å². The van der Waals surface area contributed by atoms with E-state index in [9.17, 15) is 9.90 Å². The van der Waals surface area contributed by atoms with E-state index in [0.717, 1.165) is 55.0 Å². The van der Waals surface area contributed by atoms with Gasteiger partial charge in [-0.2, -0.15) is 0 Å². The Hall–Kier alpha value is -2.25. The number of unbranched alkanes of at least 4 members (excludes halogenated alkanes) is 1. The highest BCUT2D eigenvalue weighted by Gasteiger charge is 2.21. The van der Waals surface area contributed by atoms with Gasteiger partial charge in [0.1, 0.15) is 0 Å². The first-order chi connectivity index (χ1) is 16.4. The molecule has 3 rings (SSSR count). The van der Waals surface area contributed by atoms with Crippen LogP contribution in [0.2, 0.25) is 0 Å². The Morgan fingerprint density at radius 1 is 1.00 bits per heavy atom. The lowest BCUT2D eigenvalue weighted by Crippen LogP contribution is -2.50. The fourth-order valence-electron chi connectivity index (χ4n) is 4.37. The van der Waals surface area contributed by atoms with Gasteiger partial charge in [0.2, 0.25) is 5.91 Å². The van der Waals surface area contributed by atoms with Gasteiger partial charge in [-0.1, -0.05) is 55.8 Å². The molecule has 1 fully saturated rings. The van der Waals surface area contributed by atoms with Crippen LogP contribution in [0.25, 0.3) is 0 Å². The van der Waals surface area contributed by atoms with Gasteiger partial charge in [-0.15, -0.1) is 0 Å². The number of para-hydroxylation sites is 1. The molecular formula is C28H41N3O3. The molecule has 2 N–H and O–H groups in total. The summed E-state index contributed by atoms with van der Waals surface area (Å²) >= 11 is 0. The molecule has 2 aromatic rings. The van der Waals surface area contributed by atoms with Crippen molar-refractivity contribution in [1.29, 1.82) is 0 Å². The Morgan fingerprint density at radius 2 is 1.62 bits per heavy atom. The summed E-state index contributed by atoms with van der Waals surface area (Å²) in [4.78, 5) is 16.9. The highest BCUT2D eigenvalue weighted by atomic mass is 16.5. The molecule has 1 heterocycles. The van der Waals surface area contributed by atoms with Crippen molar-refractivity contribution in [2.75, 3.05) is 51.2 Å². The Morgan fingerprint density at radius 3 is 2.26 bits per heavy atom. The first-order valence-corrected chi connectivity index (χ1v) is 12.6. The number of benzene rings is 2. The number of ether oxygens (including phenoxy) is 1. The number of anilines is 1. The second kappa shape index (κ2) is 13.6. The number of amides is 1. The first kappa shape index (κ1) is 26.4. The van der Waals surface area contributed by atoms with Crippen molar-refractivity contribution < 1.29 is 14.6 Å². The molecule has 0 radical (unpaired) electrons. The second-order valence-electron chi connectivity index (χ2n) is 9.48. The number of hydrogen-bond donors (Lipinski definition) is 2. The topological polar surface area (TPSA) is 65.0 Å². The van der Waals surface area contributed by atoms with Gasteiger partial charge in [0.25, 0.3) is 0 Å². The molecule has 2 aromatic carbocycles. The number of hydrogen-bond acceptors (Lipinski definition) is 5. The van der Waals surface area contributed by atoms with Gasteiger partial charge in [0.15, 0.2) is 0 Å². The van der Waals surface area contributed by atoms with Crippen LogP contribution in [0.5, 0.6) is 0 Å². The van der Waals surface area contributed by atoms with Crippen molar-refractivity contribution in [3.05, 3.63) is 64.7 Å². The third-order valence-electron chi connectivity index (χ3n) is 6.47. The summed E-state index contributed by atoms with van der Waals surface area (Å²) in [5.41, 5.74) is 5.59. The van der Waals surface area contributed by atoms with E-state index in [0.29, 0.717) is 26.3 Å². The van der Waals surface area contributed by atoms with Crippen LogP contribution in [-0.2, 0) is 22.6 Å². The number of carbonyl (C=O) groups is 1. The lowest BCUT2D eigenvalue weighted by Gasteiger charge is -2.35. The van der Waals surface area contributed by atoms with Gasteiger partial charge >= 0.3 is 0 Å². The van der Waals surface area contributed by atoms with Crippen LogP contribution in [0.3, 0.4) is 0 Å². The van der Waals surface area contributed by atoms with Crippen molar-refractivity contribution >= 4 is 11.6 Å². The van der Waals surface area contributed by atoms with Crippen LogP contribution in [-0.4, -0.2) is 72.8 Å². The lowest BCUT2D eigenvalue weighted by molar-refractivity contribution is -0.117. The standard InChI is InChI=1S/C28H41N3O3/c1-4-5-9-24-10-12-25(13-11-24)20-34-21-26(32)18-30-14-16-31(17-15-30)19-27(33)29-28-22(2)7-6-8-23(28)3/h6-8,10-13,26,32H,4-5,9,14-21H2,1-3H3,(H,29,33). The van der Waals surface area contributed by atoms with E-state index in [1.54, 1.807) is 0 Å². The summed E-state index contributed by atoms with van der Waals surface area (Å²) in [5.74, 6) is 0.0256. The predicted molar refractivity (Wildman–Crippen MR) is 138 cm³/mol. The maximum atomic E-state index is 12.5. The van der Waals surface area contributed by atoms with Gasteiger partial charge in [-0.05, 0) is 48.9 Å². The molecule has 0 aliphatic carbocycles. The maximum absolute atomic E-state index is 12.5. The number of aliphatic hydroxyl groups excluding tert-OH is 1. The fraction of sp³-hybridized carbons (Fsp3) is 0.536. The highest BCUT2D eigenvalue weighted by molar-refractivity contribution is 5.93. The van der Waals surface area contributed by atoms with E-state index in [4.69, 9.17) is 4.74 Å². The van der Waals surface area contributed by atoms with Gasteiger partial charge in [-0.25, -0.2) is 0 Å². The Balaban J connectivity index is 1.31. The predicted octanol–water partition coefficient (Wildman–Crippen LogP) is 3.78. The SMILES string of the molecule is CCCCc1ccc(COCC(O)CN2CCN(CC(=O)Nc3c(C)cccc3C)CC2)cc1. The molecule has 186 valence electrons. The van der Waals surface area contributed by atoms with Gasteiger partial charge in [0.05, 0.1) is 25.9 Å². The van der Waals surface area contributed by atoms with Crippen LogP contribution in [0.1, 0.15) is 42.0 Å². The van der Waals surface area contributed by atoms with Crippen LogP contribution < -0.4 is 5.32 Å². The number of carbonyl (C=O) groups excluding carboxylic acids is 1. The third-order valence-corrected chi connectivity index (χ3v) is 6.47. The maximum Gasteiger partial charge on any atom is 0.238 e. The molecule has 0 bridgehead atoms. The van der Waals surface area contributed by atoms with E-state index in [2.05, 4.69) is 46.3 Å². The molecule has 1 saturated heterocycles. The van der Waals surface area contributed by atoms with Crippen LogP contribution in [0, 0.1) is 13.8 Å². The Bertz CT molecular complexity index is 872. The lowest BCUT2D eigenvalue weighted by atomic mass is 10.1. The number of rotatable bonds is 12. The van der Waals surface area contributed by atoms with Crippen LogP contribution in [0.4, 0.5) is 5.69 Å². The first-order valence-electron chi connectivity index (χ1n) is 12.6. The Labute approximate surface area is 204 Å². The number of piperazine rings is 1. The van der Waals surface area contributed by atoms with Crippen molar-refractivity contribution in [1.82, 2.24) is 9.80 Å². The molecule has 1 amide bonds. The largest absolute Gasteiger partial charge is 0.389 e. The average molecular weight is 468 g/mol. The highest BCUT2D eigenvalue weighted by Crippen LogP contribution is 2.19. The summed E-state index contributed by atoms with van der Waals surface area (Å²) < 4.78 is 5.75. The quantitative estimate of drug-likeness (QED) is 0.497. The van der Waals surface area contributed by atoms with E-state index in [-0.39, 0.29) is 5.91 Å². The summed E-state index contributed by atoms with van der Waals surface area (Å²) in [5, 5.41) is 13.5. The zero-order valence-corrected chi connectivity index (χ0v) is 21.1. The Kier molecular flexibility index (Phi) is 10.5. The van der Waals surface area contributed by atoms with Crippen LogP contribution >= 0.6 is 0 Å². The smallest absolute Gasteiger partial charge is 0.238 e. The van der Waals surface area contributed by atoms with Crippen molar-refractivity contribution in [2.45, 2.75) is 52.7 Å². The molecule has 6 nitrogen and oxygen atoms in total. The monoisotopic (exact) mass is 467 g/mol. The number of nitrogens with zero attached hydrogens (tertiary/aromatic N) is 2.